The van der Waals surface area contributed by atoms with Crippen LogP contribution in [0.3, 0.4) is 0 Å². The van der Waals surface area contributed by atoms with Crippen LogP contribution in [-0.2, 0) is 16.0 Å². The molecule has 0 bridgehead atoms. The average Bonchev–Trinajstić information content (AvgIpc) is 2.77. The number of hydrogen-bond donors (Lipinski definition) is 1. The van der Waals surface area contributed by atoms with Crippen LogP contribution in [-0.4, -0.2) is 25.0 Å². The minimum atomic E-state index is -0.790. The minimum Gasteiger partial charge on any atom is -0.467 e. The fraction of sp³-hybridized carbons (Fsp3) is 0.120. The molecule has 4 aromatic rings. The van der Waals surface area contributed by atoms with Gasteiger partial charge in [0.05, 0.1) is 12.7 Å². The number of fused-ring (bicyclic) bond motifs is 2. The molecular formula is C25H20BrNO3. The molecule has 0 radical (unpaired) electrons. The Morgan fingerprint density at radius 3 is 2.03 bits per heavy atom. The van der Waals surface area contributed by atoms with Crippen LogP contribution in [0.1, 0.15) is 15.9 Å². The molecule has 0 fully saturated rings. The van der Waals surface area contributed by atoms with Crippen molar-refractivity contribution in [1.82, 2.24) is 5.32 Å². The van der Waals surface area contributed by atoms with Crippen LogP contribution in [0.4, 0.5) is 0 Å². The summed E-state index contributed by atoms with van der Waals surface area (Å²) >= 11 is 3.41. The Labute approximate surface area is 183 Å². The molecule has 1 atom stereocenters. The predicted octanol–water partition coefficient (Wildman–Crippen LogP) is 5.27. The maximum atomic E-state index is 13.4. The van der Waals surface area contributed by atoms with Gasteiger partial charge in [0.15, 0.2) is 0 Å². The summed E-state index contributed by atoms with van der Waals surface area (Å²) in [5, 5.41) is 6.55. The molecule has 1 amide bonds. The second-order valence-corrected chi connectivity index (χ2v) is 7.99. The molecule has 0 heterocycles. The molecule has 4 rings (SSSR count). The maximum absolute atomic E-state index is 13.4. The Kier molecular flexibility index (Phi) is 5.81. The largest absolute Gasteiger partial charge is 0.467 e. The molecule has 0 saturated carbocycles. The summed E-state index contributed by atoms with van der Waals surface area (Å²) < 4.78 is 5.91. The number of carbonyl (C=O) groups is 2. The normalized spacial score (nSPS) is 11.9. The third-order valence-electron chi connectivity index (χ3n) is 5.14. The molecule has 5 heteroatoms. The van der Waals surface area contributed by atoms with E-state index < -0.39 is 12.0 Å². The second kappa shape index (κ2) is 8.67. The monoisotopic (exact) mass is 461 g/mol. The van der Waals surface area contributed by atoms with Crippen LogP contribution in [0.15, 0.2) is 83.3 Å². The van der Waals surface area contributed by atoms with Crippen molar-refractivity contribution in [3.05, 3.63) is 94.5 Å². The number of halogens is 1. The third-order valence-corrected chi connectivity index (χ3v) is 5.67. The lowest BCUT2D eigenvalue weighted by molar-refractivity contribution is -0.142. The summed E-state index contributed by atoms with van der Waals surface area (Å²) in [4.78, 5) is 25.9. The number of benzene rings is 4. The first-order valence-corrected chi connectivity index (χ1v) is 10.4. The van der Waals surface area contributed by atoms with E-state index in [1.54, 1.807) is 0 Å². The lowest BCUT2D eigenvalue weighted by Gasteiger charge is -2.18. The van der Waals surface area contributed by atoms with Crippen molar-refractivity contribution in [3.63, 3.8) is 0 Å². The van der Waals surface area contributed by atoms with E-state index in [0.717, 1.165) is 31.6 Å². The quantitative estimate of drug-likeness (QED) is 0.325. The molecule has 0 aliphatic rings. The number of ether oxygens (including phenoxy) is 1. The standard InChI is InChI=1S/C25H20BrNO3/c1-30-25(29)22(14-16-10-12-19(26)13-11-16)27-24(28)23-20-8-4-2-6-17(20)15-18-7-3-5-9-21(18)23/h2-13,15,22H,14H2,1H3,(H,27,28)/t22-/m1/s1. The van der Waals surface area contributed by atoms with Gasteiger partial charge in [0, 0.05) is 10.9 Å². The Hall–Kier alpha value is -3.18. The molecule has 0 spiro atoms. The first kappa shape index (κ1) is 20.1. The Balaban J connectivity index is 1.74. The van der Waals surface area contributed by atoms with E-state index in [-0.39, 0.29) is 5.91 Å². The minimum absolute atomic E-state index is 0.296. The highest BCUT2D eigenvalue weighted by atomic mass is 79.9. The van der Waals surface area contributed by atoms with Gasteiger partial charge in [-0.1, -0.05) is 76.6 Å². The van der Waals surface area contributed by atoms with Gasteiger partial charge in [-0.05, 0) is 45.3 Å². The summed E-state index contributed by atoms with van der Waals surface area (Å²) in [5.74, 6) is -0.772. The molecular weight excluding hydrogens is 442 g/mol. The van der Waals surface area contributed by atoms with Crippen LogP contribution < -0.4 is 5.32 Å². The van der Waals surface area contributed by atoms with Gasteiger partial charge in [0.1, 0.15) is 6.04 Å². The van der Waals surface area contributed by atoms with Crippen molar-refractivity contribution >= 4 is 49.4 Å². The number of carbonyl (C=O) groups excluding carboxylic acids is 2. The molecule has 1 N–H and O–H groups in total. The van der Waals surface area contributed by atoms with Crippen molar-refractivity contribution in [2.24, 2.45) is 0 Å². The Bertz CT molecular complexity index is 1180. The SMILES string of the molecule is COC(=O)[C@@H](Cc1ccc(Br)cc1)NC(=O)c1c2ccccc2cc2ccccc12. The fourth-order valence-electron chi connectivity index (χ4n) is 3.68. The molecule has 0 aromatic heterocycles. The first-order valence-electron chi connectivity index (χ1n) is 9.60. The van der Waals surface area contributed by atoms with E-state index in [2.05, 4.69) is 27.3 Å². The number of methoxy groups -OCH3 is 1. The number of nitrogens with one attached hydrogen (secondary N) is 1. The van der Waals surface area contributed by atoms with Crippen LogP contribution in [0, 0.1) is 0 Å². The third kappa shape index (κ3) is 4.07. The number of amides is 1. The van der Waals surface area contributed by atoms with Crippen molar-refractivity contribution in [2.45, 2.75) is 12.5 Å². The van der Waals surface area contributed by atoms with E-state index in [1.807, 2.05) is 72.8 Å². The van der Waals surface area contributed by atoms with Crippen molar-refractivity contribution in [2.75, 3.05) is 7.11 Å². The van der Waals surface area contributed by atoms with Crippen LogP contribution in [0.5, 0.6) is 0 Å². The van der Waals surface area contributed by atoms with Crippen molar-refractivity contribution < 1.29 is 14.3 Å². The van der Waals surface area contributed by atoms with Gasteiger partial charge in [-0.15, -0.1) is 0 Å². The number of rotatable bonds is 5. The zero-order valence-corrected chi connectivity index (χ0v) is 18.0. The lowest BCUT2D eigenvalue weighted by Crippen LogP contribution is -2.43. The zero-order chi connectivity index (χ0) is 21.1. The highest BCUT2D eigenvalue weighted by molar-refractivity contribution is 9.10. The molecule has 0 saturated heterocycles. The van der Waals surface area contributed by atoms with Crippen LogP contribution in [0.2, 0.25) is 0 Å². The summed E-state index contributed by atoms with van der Waals surface area (Å²) in [6, 6.07) is 24.5. The smallest absolute Gasteiger partial charge is 0.328 e. The lowest BCUT2D eigenvalue weighted by atomic mass is 9.96. The van der Waals surface area contributed by atoms with Gasteiger partial charge in [-0.3, -0.25) is 4.79 Å². The summed E-state index contributed by atoms with van der Waals surface area (Å²) in [6.07, 6.45) is 0.342. The van der Waals surface area contributed by atoms with Crippen molar-refractivity contribution in [1.29, 1.82) is 0 Å². The molecule has 0 unspecified atom stereocenters. The maximum Gasteiger partial charge on any atom is 0.328 e. The van der Waals surface area contributed by atoms with Crippen molar-refractivity contribution in [3.8, 4) is 0 Å². The van der Waals surface area contributed by atoms with E-state index in [9.17, 15) is 9.59 Å². The highest BCUT2D eigenvalue weighted by Crippen LogP contribution is 2.28. The van der Waals surface area contributed by atoms with Gasteiger partial charge in [-0.2, -0.15) is 0 Å². The second-order valence-electron chi connectivity index (χ2n) is 7.07. The van der Waals surface area contributed by atoms with E-state index in [4.69, 9.17) is 4.74 Å². The van der Waals surface area contributed by atoms with E-state index in [0.29, 0.717) is 12.0 Å². The van der Waals surface area contributed by atoms with Gasteiger partial charge >= 0.3 is 5.97 Å². The van der Waals surface area contributed by atoms with Crippen LogP contribution >= 0.6 is 15.9 Å². The predicted molar refractivity (Wildman–Crippen MR) is 123 cm³/mol. The molecule has 4 nitrogen and oxygen atoms in total. The molecule has 4 aromatic carbocycles. The highest BCUT2D eigenvalue weighted by Gasteiger charge is 2.24. The summed E-state index contributed by atoms with van der Waals surface area (Å²) in [5.41, 5.74) is 1.49. The summed E-state index contributed by atoms with van der Waals surface area (Å²) in [6.45, 7) is 0. The molecule has 150 valence electrons. The van der Waals surface area contributed by atoms with E-state index in [1.165, 1.54) is 7.11 Å². The average molecular weight is 462 g/mol. The Morgan fingerprint density at radius 1 is 0.900 bits per heavy atom. The topological polar surface area (TPSA) is 55.4 Å². The van der Waals surface area contributed by atoms with E-state index >= 15 is 0 Å². The molecule has 0 aliphatic heterocycles. The number of hydrogen-bond acceptors (Lipinski definition) is 3. The van der Waals surface area contributed by atoms with Crippen LogP contribution in [0.25, 0.3) is 21.5 Å². The first-order chi connectivity index (χ1) is 14.6. The molecule has 30 heavy (non-hydrogen) atoms. The van der Waals surface area contributed by atoms with Gasteiger partial charge in [0.25, 0.3) is 5.91 Å². The summed E-state index contributed by atoms with van der Waals surface area (Å²) in [7, 11) is 1.33. The Morgan fingerprint density at radius 2 is 1.47 bits per heavy atom. The van der Waals surface area contributed by atoms with Gasteiger partial charge < -0.3 is 10.1 Å². The molecule has 0 aliphatic carbocycles. The fourth-order valence-corrected chi connectivity index (χ4v) is 3.94. The van der Waals surface area contributed by atoms with Gasteiger partial charge in [-0.25, -0.2) is 4.79 Å². The van der Waals surface area contributed by atoms with Gasteiger partial charge in [0.2, 0.25) is 0 Å². The zero-order valence-electron chi connectivity index (χ0n) is 16.4. The number of esters is 1.